The number of nitrogens with zero attached hydrogens (tertiary/aromatic N) is 7. The molecule has 0 spiro atoms. The number of imidazole rings is 1. The van der Waals surface area contributed by atoms with Crippen LogP contribution in [0, 0.1) is 5.41 Å². The third-order valence-electron chi connectivity index (χ3n) is 7.44. The molecule has 0 radical (unpaired) electrons. The number of phosphoric ester groups is 2. The predicted molar refractivity (Wildman–Crippen MR) is 143 cm³/mol. The first-order chi connectivity index (χ1) is 21.3. The maximum atomic E-state index is 13.2. The van der Waals surface area contributed by atoms with Crippen LogP contribution in [0.1, 0.15) is 6.23 Å². The van der Waals surface area contributed by atoms with E-state index in [0.29, 0.717) is 0 Å². The van der Waals surface area contributed by atoms with Crippen molar-refractivity contribution in [1.29, 1.82) is 5.41 Å². The van der Waals surface area contributed by atoms with Gasteiger partial charge in [0.2, 0.25) is 5.96 Å². The molecule has 11 atom stereocenters. The lowest BCUT2D eigenvalue weighted by Gasteiger charge is -2.31. The van der Waals surface area contributed by atoms with Crippen LogP contribution >= 0.6 is 15.6 Å². The maximum absolute atomic E-state index is 13.2. The van der Waals surface area contributed by atoms with Gasteiger partial charge in [0.15, 0.2) is 35.8 Å². The monoisotopic (exact) mass is 674 g/mol. The van der Waals surface area contributed by atoms with Gasteiger partial charge in [0.1, 0.15) is 48.5 Å². The summed E-state index contributed by atoms with van der Waals surface area (Å²) in [5.74, 6) is -1.27. The molecule has 0 aliphatic carbocycles. The number of aromatic nitrogens is 4. The van der Waals surface area contributed by atoms with E-state index in [-0.39, 0.29) is 22.8 Å². The topological polar surface area (TPSA) is 321 Å². The molecule has 25 heteroatoms. The minimum absolute atomic E-state index is 0.0326. The summed E-state index contributed by atoms with van der Waals surface area (Å²) in [5.41, 5.74) is 6.14. The maximum Gasteiger partial charge on any atom is 0.472 e. The van der Waals surface area contributed by atoms with Crippen LogP contribution in [-0.4, -0.2) is 131 Å². The summed E-state index contributed by atoms with van der Waals surface area (Å²) < 4.78 is 59.9. The van der Waals surface area contributed by atoms with Crippen LogP contribution in [0.4, 0.5) is 5.82 Å². The second-order valence-corrected chi connectivity index (χ2v) is 13.1. The van der Waals surface area contributed by atoms with Crippen molar-refractivity contribution in [2.45, 2.75) is 55.1 Å². The lowest BCUT2D eigenvalue weighted by atomic mass is 10.1. The Morgan fingerprint density at radius 2 is 1.67 bits per heavy atom. The molecule has 3 fully saturated rings. The number of aliphatic imine (C=N–C) groups is 2. The van der Waals surface area contributed by atoms with Gasteiger partial charge in [-0.1, -0.05) is 0 Å². The van der Waals surface area contributed by atoms with Crippen LogP contribution < -0.4 is 11.1 Å². The van der Waals surface area contributed by atoms with E-state index in [1.807, 2.05) is 0 Å². The summed E-state index contributed by atoms with van der Waals surface area (Å²) in [6.07, 6.45) is -9.24. The third-order valence-corrected chi connectivity index (χ3v) is 9.41. The molecule has 0 aromatic carbocycles. The summed E-state index contributed by atoms with van der Waals surface area (Å²) >= 11 is 0. The van der Waals surface area contributed by atoms with Crippen molar-refractivity contribution in [3.63, 3.8) is 0 Å². The smallest absolute Gasteiger partial charge is 0.387 e. The molecule has 242 valence electrons. The molecule has 5 aliphatic rings. The molecule has 7 rings (SSSR count). The molecular weight excluding hydrogens is 650 g/mol. The highest BCUT2D eigenvalue weighted by atomic mass is 31.2. The Morgan fingerprint density at radius 3 is 2.42 bits per heavy atom. The second-order valence-electron chi connectivity index (χ2n) is 10.2. The van der Waals surface area contributed by atoms with Crippen molar-refractivity contribution in [2.24, 2.45) is 9.98 Å². The average Bonchev–Trinajstić information content (AvgIpc) is 3.72. The van der Waals surface area contributed by atoms with Gasteiger partial charge < -0.3 is 35.2 Å². The first kappa shape index (κ1) is 30.3. The number of carbonyl (C=O) groups is 1. The lowest BCUT2D eigenvalue weighted by molar-refractivity contribution is -0.119. The number of carbonyl (C=O) groups excluding carboxylic acids is 1. The zero-order valence-corrected chi connectivity index (χ0v) is 24.2. The number of nitrogens with two attached hydrogens (primary N) is 1. The summed E-state index contributed by atoms with van der Waals surface area (Å²) in [6.45, 7) is -1.66. The van der Waals surface area contributed by atoms with Gasteiger partial charge in [-0.2, -0.15) is 4.99 Å². The van der Waals surface area contributed by atoms with E-state index in [1.54, 1.807) is 0 Å². The van der Waals surface area contributed by atoms with Gasteiger partial charge in [-0.3, -0.25) is 48.1 Å². The number of guanidine groups is 1. The van der Waals surface area contributed by atoms with E-state index >= 15 is 0 Å². The fourth-order valence-electron chi connectivity index (χ4n) is 5.40. The number of amidine groups is 1. The highest BCUT2D eigenvalue weighted by Gasteiger charge is 2.56. The van der Waals surface area contributed by atoms with Gasteiger partial charge in [0.25, 0.3) is 5.91 Å². The van der Waals surface area contributed by atoms with Gasteiger partial charge in [0, 0.05) is 0 Å². The molecule has 45 heavy (non-hydrogen) atoms. The van der Waals surface area contributed by atoms with Crippen molar-refractivity contribution in [2.75, 3.05) is 18.9 Å². The molecule has 3 saturated heterocycles. The Balaban J connectivity index is 1.17. The molecular formula is C20H24N10O13P2. The number of fused-ring (bicyclic) bond motifs is 5. The largest absolute Gasteiger partial charge is 0.472 e. The fourth-order valence-corrected chi connectivity index (χ4v) is 7.30. The van der Waals surface area contributed by atoms with Crippen molar-refractivity contribution >= 4 is 56.7 Å². The average molecular weight is 674 g/mol. The molecule has 7 heterocycles. The summed E-state index contributed by atoms with van der Waals surface area (Å²) in [5, 5.41) is 32.0. The third kappa shape index (κ3) is 5.35. The normalized spacial score (nSPS) is 42.0. The Bertz CT molecular complexity index is 1720. The number of anilines is 1. The predicted octanol–water partition coefficient (Wildman–Crippen LogP) is -3.05. The number of ether oxygens (including phenoxy) is 2. The van der Waals surface area contributed by atoms with Crippen molar-refractivity contribution < 1.29 is 61.5 Å². The van der Waals surface area contributed by atoms with Gasteiger partial charge >= 0.3 is 15.6 Å². The van der Waals surface area contributed by atoms with E-state index in [1.165, 1.54) is 10.9 Å². The number of aliphatic hydroxyl groups is 2. The van der Waals surface area contributed by atoms with Crippen LogP contribution in [0.15, 0.2) is 22.6 Å². The molecule has 8 N–H and O–H groups in total. The molecule has 0 saturated carbocycles. The number of nitrogen functional groups attached to an aromatic ring is 1. The standard InChI is InChI=1S/C20H24N10O13P2/c21-14-8-15(24-3-23-14)29(4-25-8)18-11(32)12-7(41-18)2-39-45(36,37)43-13-10(31)6(1-38-44(34,35)42-12)40-19(13)30-5-26-9-16(30)27-20(22)28-17(9)33/h3-7,9-13,18-19,31-32H,1-2H2,(H,34,35)(H,36,37)(H2,21,23,24)(H2,22,28,33)/t6-,7-,9?,10+,11-,12-,13-,18-,19-/m1/s1. The molecule has 2 aromatic rings. The summed E-state index contributed by atoms with van der Waals surface area (Å²) in [6, 6.07) is -1.18. The number of nitrogens with one attached hydrogen (secondary N) is 2. The highest BCUT2D eigenvalue weighted by Crippen LogP contribution is 2.53. The Kier molecular flexibility index (Phi) is 7.35. The van der Waals surface area contributed by atoms with Crippen molar-refractivity contribution in [3.05, 3.63) is 12.7 Å². The Labute approximate surface area is 250 Å². The van der Waals surface area contributed by atoms with Crippen LogP contribution in [0.5, 0.6) is 0 Å². The van der Waals surface area contributed by atoms with Crippen LogP contribution in [0.25, 0.3) is 11.2 Å². The number of phosphoric acid groups is 2. The molecule has 3 unspecified atom stereocenters. The summed E-state index contributed by atoms with van der Waals surface area (Å²) in [4.78, 5) is 54.6. The van der Waals surface area contributed by atoms with Gasteiger partial charge in [-0.25, -0.2) is 24.1 Å². The number of aliphatic hydroxyl groups excluding tert-OH is 2. The van der Waals surface area contributed by atoms with Crippen LogP contribution in [-0.2, 0) is 41.5 Å². The second kappa shape index (κ2) is 10.9. The van der Waals surface area contributed by atoms with Gasteiger partial charge in [-0.05, 0) is 0 Å². The first-order valence-corrected chi connectivity index (χ1v) is 16.0. The van der Waals surface area contributed by atoms with Crippen molar-refractivity contribution in [3.8, 4) is 0 Å². The van der Waals surface area contributed by atoms with Gasteiger partial charge in [-0.15, -0.1) is 0 Å². The Morgan fingerprint density at radius 1 is 0.978 bits per heavy atom. The zero-order chi connectivity index (χ0) is 31.8. The van der Waals surface area contributed by atoms with Gasteiger partial charge in [0.05, 0.1) is 25.9 Å². The number of amides is 1. The molecule has 1 amide bonds. The van der Waals surface area contributed by atoms with E-state index in [2.05, 4.69) is 30.3 Å². The summed E-state index contributed by atoms with van der Waals surface area (Å²) in [7, 11) is -10.2. The minimum Gasteiger partial charge on any atom is -0.387 e. The first-order valence-electron chi connectivity index (χ1n) is 13.0. The van der Waals surface area contributed by atoms with E-state index < -0.39 is 95.8 Å². The lowest BCUT2D eigenvalue weighted by Crippen LogP contribution is -2.53. The van der Waals surface area contributed by atoms with Crippen molar-refractivity contribution in [1.82, 2.24) is 29.7 Å². The number of rotatable bonds is 2. The van der Waals surface area contributed by atoms with E-state index in [4.69, 9.17) is 38.7 Å². The Hall–Kier alpha value is -3.31. The zero-order valence-electron chi connectivity index (χ0n) is 22.4. The minimum atomic E-state index is -5.12. The quantitative estimate of drug-likeness (QED) is 0.156. The van der Waals surface area contributed by atoms with Crippen LogP contribution in [0.3, 0.4) is 0 Å². The highest BCUT2D eigenvalue weighted by molar-refractivity contribution is 7.47. The van der Waals surface area contributed by atoms with E-state index in [9.17, 15) is 33.9 Å². The number of hydrogen-bond donors (Lipinski definition) is 7. The SMILES string of the molecule is N=C1N=C2C(N=CN2[C@@H]2O[C@@H]3COP(=O)(O)O[C@H]4[C@@H](O)[C@H](n5cnc6c(N)ncnc65)O[C@@H]4COP(=O)(O)O[C@@H]2[C@H]3O)C(=O)N1. The van der Waals surface area contributed by atoms with Crippen LogP contribution in [0.2, 0.25) is 0 Å². The number of hydrogen-bond acceptors (Lipinski definition) is 18. The molecule has 5 aliphatic heterocycles. The molecule has 23 nitrogen and oxygen atoms in total. The fraction of sp³-hybridized carbons (Fsp3) is 0.550. The molecule has 2 aromatic heterocycles. The molecule has 2 bridgehead atoms. The van der Waals surface area contributed by atoms with E-state index in [0.717, 1.165) is 17.6 Å².